The number of benzene rings is 8. The van der Waals surface area contributed by atoms with Gasteiger partial charge in [0.1, 0.15) is 0 Å². The van der Waals surface area contributed by atoms with Gasteiger partial charge >= 0.3 is 0 Å². The lowest BCUT2D eigenvalue weighted by atomic mass is 9.85. The van der Waals surface area contributed by atoms with Crippen molar-refractivity contribution in [2.75, 3.05) is 0 Å². The first-order valence-electron chi connectivity index (χ1n) is 17.5. The third-order valence-corrected chi connectivity index (χ3v) is 9.52. The molecule has 9 rings (SSSR count). The first-order valence-corrected chi connectivity index (χ1v) is 17.5. The minimum atomic E-state index is 0.629. The topological polar surface area (TPSA) is 38.7 Å². The van der Waals surface area contributed by atoms with E-state index in [-0.39, 0.29) is 0 Å². The number of nitrogens with zero attached hydrogens (tertiary/aromatic N) is 3. The largest absolute Gasteiger partial charge is 0.208 e. The summed E-state index contributed by atoms with van der Waals surface area (Å²) in [4.78, 5) is 15.3. The van der Waals surface area contributed by atoms with E-state index in [0.29, 0.717) is 17.5 Å². The summed E-state index contributed by atoms with van der Waals surface area (Å²) in [5.74, 6) is 1.91. The molecule has 0 saturated carbocycles. The van der Waals surface area contributed by atoms with Gasteiger partial charge < -0.3 is 0 Å². The number of fused-ring (bicyclic) bond motifs is 2. The molecule has 0 bridgehead atoms. The van der Waals surface area contributed by atoms with E-state index in [4.69, 9.17) is 15.0 Å². The maximum absolute atomic E-state index is 5.10. The Kier molecular flexibility index (Phi) is 8.20. The number of aromatic nitrogens is 3. The second kappa shape index (κ2) is 13.7. The fraction of sp³-hybridized carbons (Fsp3) is 0. The zero-order valence-corrected chi connectivity index (χ0v) is 28.4. The minimum Gasteiger partial charge on any atom is -0.208 e. The first kappa shape index (κ1) is 31.0. The molecule has 0 aliphatic rings. The van der Waals surface area contributed by atoms with E-state index in [1.54, 1.807) is 0 Å². The Labute approximate surface area is 303 Å². The molecule has 9 aromatic rings. The van der Waals surface area contributed by atoms with Crippen LogP contribution >= 0.6 is 0 Å². The lowest BCUT2D eigenvalue weighted by Crippen LogP contribution is -2.01. The fourth-order valence-electron chi connectivity index (χ4n) is 6.93. The highest BCUT2D eigenvalue weighted by molar-refractivity contribution is 6.04. The summed E-state index contributed by atoms with van der Waals surface area (Å²) < 4.78 is 0. The van der Waals surface area contributed by atoms with Gasteiger partial charge in [0.25, 0.3) is 0 Å². The summed E-state index contributed by atoms with van der Waals surface area (Å²) in [6, 6.07) is 70.1. The fourth-order valence-corrected chi connectivity index (χ4v) is 6.93. The Hall–Kier alpha value is -6.97. The Balaban J connectivity index is 1.21. The molecule has 0 saturated heterocycles. The molecule has 1 aromatic heterocycles. The van der Waals surface area contributed by atoms with Gasteiger partial charge in [-0.25, -0.2) is 15.0 Å². The third-order valence-electron chi connectivity index (χ3n) is 9.52. The smallest absolute Gasteiger partial charge is 0.164 e. The van der Waals surface area contributed by atoms with Crippen LogP contribution in [0.25, 0.3) is 66.9 Å². The van der Waals surface area contributed by atoms with Crippen molar-refractivity contribution in [3.05, 3.63) is 222 Å². The molecular formula is C49H33N3. The van der Waals surface area contributed by atoms with Crippen molar-refractivity contribution in [3.8, 4) is 34.2 Å². The summed E-state index contributed by atoms with van der Waals surface area (Å²) in [5, 5.41) is 4.65. The highest BCUT2D eigenvalue weighted by Gasteiger charge is 2.18. The summed E-state index contributed by atoms with van der Waals surface area (Å²) >= 11 is 0. The van der Waals surface area contributed by atoms with Gasteiger partial charge in [-0.3, -0.25) is 0 Å². The highest BCUT2D eigenvalue weighted by Crippen LogP contribution is 2.37. The predicted molar refractivity (Wildman–Crippen MR) is 215 cm³/mol. The van der Waals surface area contributed by atoms with Crippen LogP contribution in [0.3, 0.4) is 0 Å². The van der Waals surface area contributed by atoms with Gasteiger partial charge in [-0.15, -0.1) is 0 Å². The summed E-state index contributed by atoms with van der Waals surface area (Å²) in [7, 11) is 0. The summed E-state index contributed by atoms with van der Waals surface area (Å²) in [5.41, 5.74) is 9.74. The molecule has 0 N–H and O–H groups in total. The van der Waals surface area contributed by atoms with Crippen molar-refractivity contribution < 1.29 is 0 Å². The van der Waals surface area contributed by atoms with Crippen LogP contribution in [0.2, 0.25) is 0 Å². The summed E-state index contributed by atoms with van der Waals surface area (Å²) in [6.45, 7) is 0. The Morgan fingerprint density at radius 3 is 0.962 bits per heavy atom. The molecule has 3 nitrogen and oxygen atoms in total. The van der Waals surface area contributed by atoms with Crippen LogP contribution in [0.5, 0.6) is 0 Å². The first-order chi connectivity index (χ1) is 25.8. The lowest BCUT2D eigenvalue weighted by Gasteiger charge is -2.18. The predicted octanol–water partition coefficient (Wildman–Crippen LogP) is 12.2. The zero-order valence-electron chi connectivity index (χ0n) is 28.4. The maximum atomic E-state index is 5.10. The van der Waals surface area contributed by atoms with Crippen molar-refractivity contribution >= 4 is 32.7 Å². The Bertz CT molecular complexity index is 2560. The standard InChI is InChI=1S/C49H33N3/c1-4-16-36(17-5-1)45(37-18-6-2-7-19-37)46(38-20-8-3-9-21-38)39-26-28-40(29-27-39)47-50-48(43-30-24-34-14-10-12-22-41(34)32-43)52-49(51-47)44-31-25-35-15-11-13-23-42(35)33-44/h1-33H. The summed E-state index contributed by atoms with van der Waals surface area (Å²) in [6.07, 6.45) is 0. The molecular weight excluding hydrogens is 631 g/mol. The van der Waals surface area contributed by atoms with Crippen molar-refractivity contribution in [1.29, 1.82) is 0 Å². The van der Waals surface area contributed by atoms with Crippen LogP contribution in [0.1, 0.15) is 22.3 Å². The normalized spacial score (nSPS) is 11.1. The van der Waals surface area contributed by atoms with Crippen LogP contribution in [-0.4, -0.2) is 15.0 Å². The van der Waals surface area contributed by atoms with E-state index in [1.807, 2.05) is 0 Å². The van der Waals surface area contributed by atoms with E-state index in [0.717, 1.165) is 55.3 Å². The molecule has 0 atom stereocenters. The molecule has 0 amide bonds. The molecule has 3 heteroatoms. The van der Waals surface area contributed by atoms with Gasteiger partial charge in [-0.1, -0.05) is 188 Å². The number of hydrogen-bond acceptors (Lipinski definition) is 3. The number of hydrogen-bond donors (Lipinski definition) is 0. The van der Waals surface area contributed by atoms with Crippen LogP contribution in [0, 0.1) is 0 Å². The Morgan fingerprint density at radius 1 is 0.250 bits per heavy atom. The molecule has 8 aromatic carbocycles. The van der Waals surface area contributed by atoms with Crippen LogP contribution < -0.4 is 0 Å². The van der Waals surface area contributed by atoms with Crippen molar-refractivity contribution in [1.82, 2.24) is 15.0 Å². The third kappa shape index (κ3) is 6.17. The van der Waals surface area contributed by atoms with Crippen LogP contribution in [-0.2, 0) is 0 Å². The average Bonchev–Trinajstić information content (AvgIpc) is 3.23. The monoisotopic (exact) mass is 663 g/mol. The molecule has 0 unspecified atom stereocenters. The van der Waals surface area contributed by atoms with Crippen molar-refractivity contribution in [2.45, 2.75) is 0 Å². The van der Waals surface area contributed by atoms with Gasteiger partial charge in [0.2, 0.25) is 0 Å². The quantitative estimate of drug-likeness (QED) is 0.159. The van der Waals surface area contributed by atoms with Crippen LogP contribution in [0.15, 0.2) is 200 Å². The molecule has 0 aliphatic carbocycles. The SMILES string of the molecule is c1ccc(C(=C(c2ccccc2)c2ccc(-c3nc(-c4ccc5ccccc5c4)nc(-c4ccc5ccccc5c4)n3)cc2)c2ccccc2)cc1. The average molecular weight is 664 g/mol. The zero-order chi connectivity index (χ0) is 34.7. The van der Waals surface area contributed by atoms with Gasteiger partial charge in [0.05, 0.1) is 0 Å². The molecule has 0 spiro atoms. The van der Waals surface area contributed by atoms with Crippen molar-refractivity contribution in [2.24, 2.45) is 0 Å². The molecule has 0 radical (unpaired) electrons. The molecule has 52 heavy (non-hydrogen) atoms. The molecule has 1 heterocycles. The highest BCUT2D eigenvalue weighted by atomic mass is 15.0. The second-order valence-electron chi connectivity index (χ2n) is 12.9. The van der Waals surface area contributed by atoms with E-state index in [9.17, 15) is 0 Å². The van der Waals surface area contributed by atoms with Gasteiger partial charge in [0.15, 0.2) is 17.5 Å². The van der Waals surface area contributed by atoms with Gasteiger partial charge in [-0.2, -0.15) is 0 Å². The number of rotatable bonds is 7. The van der Waals surface area contributed by atoms with Gasteiger partial charge in [0, 0.05) is 16.7 Å². The van der Waals surface area contributed by atoms with E-state index in [1.165, 1.54) is 16.3 Å². The molecule has 0 aliphatic heterocycles. The Morgan fingerprint density at radius 2 is 0.558 bits per heavy atom. The maximum Gasteiger partial charge on any atom is 0.164 e. The molecule has 0 fully saturated rings. The minimum absolute atomic E-state index is 0.629. The van der Waals surface area contributed by atoms with E-state index < -0.39 is 0 Å². The van der Waals surface area contributed by atoms with E-state index in [2.05, 4.69) is 200 Å². The van der Waals surface area contributed by atoms with Crippen LogP contribution in [0.4, 0.5) is 0 Å². The van der Waals surface area contributed by atoms with Crippen molar-refractivity contribution in [3.63, 3.8) is 0 Å². The second-order valence-corrected chi connectivity index (χ2v) is 12.9. The molecule has 244 valence electrons. The van der Waals surface area contributed by atoms with E-state index >= 15 is 0 Å². The lowest BCUT2D eigenvalue weighted by molar-refractivity contribution is 1.07. The van der Waals surface area contributed by atoms with Gasteiger partial charge in [-0.05, 0) is 67.1 Å².